The highest BCUT2D eigenvalue weighted by atomic mass is 32.2. The number of rotatable bonds is 7. The van der Waals surface area contributed by atoms with Gasteiger partial charge in [-0.2, -0.15) is 11.8 Å². The van der Waals surface area contributed by atoms with E-state index in [1.807, 2.05) is 11.8 Å². The maximum atomic E-state index is 11.5. The van der Waals surface area contributed by atoms with Crippen LogP contribution in [0.5, 0.6) is 0 Å². The molecule has 0 heterocycles. The van der Waals surface area contributed by atoms with Gasteiger partial charge in [0.2, 0.25) is 0 Å². The number of nitrogens with one attached hydrogen (secondary N) is 1. The van der Waals surface area contributed by atoms with Gasteiger partial charge in [0.05, 0.1) is 0 Å². The molecule has 0 aromatic rings. The molecule has 1 aliphatic rings. The van der Waals surface area contributed by atoms with Gasteiger partial charge in [0, 0.05) is 12.3 Å². The Labute approximate surface area is 109 Å². The number of carbonyl (C=O) groups is 1. The summed E-state index contributed by atoms with van der Waals surface area (Å²) in [5.74, 6) is 2.18. The molecule has 0 atom stereocenters. The van der Waals surface area contributed by atoms with Gasteiger partial charge in [0.25, 0.3) is 0 Å². The van der Waals surface area contributed by atoms with Crippen LogP contribution in [-0.2, 0) is 4.74 Å². The van der Waals surface area contributed by atoms with E-state index in [-0.39, 0.29) is 12.2 Å². The molecule has 1 saturated carbocycles. The van der Waals surface area contributed by atoms with Gasteiger partial charge in [-0.25, -0.2) is 4.79 Å². The van der Waals surface area contributed by atoms with Crippen LogP contribution in [0.1, 0.15) is 51.9 Å². The van der Waals surface area contributed by atoms with Gasteiger partial charge in [-0.1, -0.05) is 19.8 Å². The van der Waals surface area contributed by atoms with E-state index in [1.165, 1.54) is 37.9 Å². The van der Waals surface area contributed by atoms with Crippen LogP contribution >= 0.6 is 11.8 Å². The van der Waals surface area contributed by atoms with Gasteiger partial charge in [0.15, 0.2) is 0 Å². The second kappa shape index (κ2) is 9.63. The molecule has 0 aromatic carbocycles. The Balaban J connectivity index is 1.93. The number of amides is 1. The molecule has 1 amide bonds. The van der Waals surface area contributed by atoms with E-state index in [2.05, 4.69) is 12.2 Å². The minimum Gasteiger partial charge on any atom is -0.446 e. The Bertz CT molecular complexity index is 206. The van der Waals surface area contributed by atoms with Crippen molar-refractivity contribution in [2.24, 2.45) is 0 Å². The lowest BCUT2D eigenvalue weighted by molar-refractivity contribution is 0.0758. The highest BCUT2D eigenvalue weighted by Gasteiger charge is 2.16. The third-order valence-electron chi connectivity index (χ3n) is 2.98. The summed E-state index contributed by atoms with van der Waals surface area (Å²) in [4.78, 5) is 11.5. The lowest BCUT2D eigenvalue weighted by atomic mass is 9.98. The average molecular weight is 259 g/mol. The molecule has 0 radical (unpaired) electrons. The topological polar surface area (TPSA) is 38.3 Å². The van der Waals surface area contributed by atoms with E-state index in [1.54, 1.807) is 0 Å². The van der Waals surface area contributed by atoms with E-state index in [0.717, 1.165) is 25.1 Å². The van der Waals surface area contributed by atoms with E-state index in [0.29, 0.717) is 0 Å². The fourth-order valence-corrected chi connectivity index (χ4v) is 2.89. The zero-order valence-electron chi connectivity index (χ0n) is 10.9. The minimum absolute atomic E-state index is 0.163. The molecule has 1 fully saturated rings. The number of hydrogen-bond donors (Lipinski definition) is 1. The van der Waals surface area contributed by atoms with Gasteiger partial charge < -0.3 is 10.1 Å². The summed E-state index contributed by atoms with van der Waals surface area (Å²) in [6.45, 7) is 2.92. The predicted octanol–water partition coefficient (Wildman–Crippen LogP) is 3.58. The van der Waals surface area contributed by atoms with Crippen LogP contribution in [0.4, 0.5) is 4.79 Å². The highest BCUT2D eigenvalue weighted by molar-refractivity contribution is 7.99. The molecule has 0 saturated heterocycles. The summed E-state index contributed by atoms with van der Waals surface area (Å²) in [7, 11) is 0. The van der Waals surface area contributed by atoms with Crippen LogP contribution in [0.25, 0.3) is 0 Å². The summed E-state index contributed by atoms with van der Waals surface area (Å²) in [5.41, 5.74) is 0. The Morgan fingerprint density at radius 1 is 1.29 bits per heavy atom. The molecule has 0 unspecified atom stereocenters. The molecular formula is C13H25NO2S. The second-order valence-corrected chi connectivity index (χ2v) is 5.78. The average Bonchev–Trinajstić information content (AvgIpc) is 2.35. The molecule has 100 valence electrons. The van der Waals surface area contributed by atoms with E-state index >= 15 is 0 Å². The summed E-state index contributed by atoms with van der Waals surface area (Å²) in [6, 6.07) is 0. The number of carbonyl (C=O) groups excluding carboxylic acids is 1. The van der Waals surface area contributed by atoms with Crippen molar-refractivity contribution in [1.29, 1.82) is 0 Å². The molecule has 1 rings (SSSR count). The monoisotopic (exact) mass is 259 g/mol. The summed E-state index contributed by atoms with van der Waals surface area (Å²) in [6.07, 6.45) is 8.20. The van der Waals surface area contributed by atoms with E-state index in [9.17, 15) is 4.79 Å². The van der Waals surface area contributed by atoms with Crippen molar-refractivity contribution >= 4 is 17.9 Å². The molecular weight excluding hydrogens is 234 g/mol. The first-order valence-corrected chi connectivity index (χ1v) is 8.00. The first kappa shape index (κ1) is 14.7. The van der Waals surface area contributed by atoms with Crippen LogP contribution in [0, 0.1) is 0 Å². The standard InChI is InChI=1S/C13H25NO2S/c1-2-3-10-17-11-9-14-13(15)16-12-7-5-4-6-8-12/h12H,2-11H2,1H3,(H,14,15). The molecule has 1 N–H and O–H groups in total. The summed E-state index contributed by atoms with van der Waals surface area (Å²) in [5, 5.41) is 2.82. The van der Waals surface area contributed by atoms with Crippen molar-refractivity contribution in [3.05, 3.63) is 0 Å². The molecule has 0 aliphatic heterocycles. The zero-order valence-corrected chi connectivity index (χ0v) is 11.7. The molecule has 0 bridgehead atoms. The largest absolute Gasteiger partial charge is 0.446 e. The van der Waals surface area contributed by atoms with Gasteiger partial charge in [-0.05, 0) is 37.9 Å². The maximum absolute atomic E-state index is 11.5. The van der Waals surface area contributed by atoms with Crippen LogP contribution in [0.15, 0.2) is 0 Å². The lowest BCUT2D eigenvalue weighted by Gasteiger charge is -2.21. The Morgan fingerprint density at radius 2 is 2.06 bits per heavy atom. The van der Waals surface area contributed by atoms with Crippen LogP contribution in [-0.4, -0.2) is 30.2 Å². The van der Waals surface area contributed by atoms with Gasteiger partial charge in [-0.3, -0.25) is 0 Å². The van der Waals surface area contributed by atoms with Crippen molar-refractivity contribution in [3.8, 4) is 0 Å². The highest BCUT2D eigenvalue weighted by Crippen LogP contribution is 2.20. The molecule has 0 spiro atoms. The lowest BCUT2D eigenvalue weighted by Crippen LogP contribution is -2.31. The quantitative estimate of drug-likeness (QED) is 0.710. The third kappa shape index (κ3) is 7.53. The predicted molar refractivity (Wildman–Crippen MR) is 73.6 cm³/mol. The molecule has 4 heteroatoms. The fraction of sp³-hybridized carbons (Fsp3) is 0.923. The maximum Gasteiger partial charge on any atom is 0.407 e. The number of hydrogen-bond acceptors (Lipinski definition) is 3. The summed E-state index contributed by atoms with van der Waals surface area (Å²) < 4.78 is 5.36. The molecule has 0 aromatic heterocycles. The first-order valence-electron chi connectivity index (χ1n) is 6.85. The number of thioether (sulfide) groups is 1. The van der Waals surface area contributed by atoms with Gasteiger partial charge in [-0.15, -0.1) is 0 Å². The summed E-state index contributed by atoms with van der Waals surface area (Å²) >= 11 is 1.90. The van der Waals surface area contributed by atoms with Crippen LogP contribution in [0.2, 0.25) is 0 Å². The van der Waals surface area contributed by atoms with Crippen molar-refractivity contribution in [3.63, 3.8) is 0 Å². The fourth-order valence-electron chi connectivity index (χ4n) is 1.95. The Hall–Kier alpha value is -0.380. The zero-order chi connectivity index (χ0) is 12.3. The molecule has 3 nitrogen and oxygen atoms in total. The van der Waals surface area contributed by atoms with Crippen molar-refractivity contribution < 1.29 is 9.53 Å². The second-order valence-electron chi connectivity index (χ2n) is 4.56. The molecule has 17 heavy (non-hydrogen) atoms. The number of ether oxygens (including phenoxy) is 1. The smallest absolute Gasteiger partial charge is 0.407 e. The molecule has 1 aliphatic carbocycles. The van der Waals surface area contributed by atoms with E-state index in [4.69, 9.17) is 4.74 Å². The Kier molecular flexibility index (Phi) is 8.32. The van der Waals surface area contributed by atoms with Crippen molar-refractivity contribution in [2.75, 3.05) is 18.1 Å². The SMILES string of the molecule is CCCCSCCNC(=O)OC1CCCCC1. The normalized spacial score (nSPS) is 16.8. The third-order valence-corrected chi connectivity index (χ3v) is 4.05. The van der Waals surface area contributed by atoms with E-state index < -0.39 is 0 Å². The number of alkyl carbamates (subject to hydrolysis) is 1. The van der Waals surface area contributed by atoms with Crippen LogP contribution in [0.3, 0.4) is 0 Å². The minimum atomic E-state index is -0.229. The Morgan fingerprint density at radius 3 is 2.76 bits per heavy atom. The van der Waals surface area contributed by atoms with Crippen molar-refractivity contribution in [1.82, 2.24) is 5.32 Å². The van der Waals surface area contributed by atoms with Crippen molar-refractivity contribution in [2.45, 2.75) is 58.0 Å². The number of unbranched alkanes of at least 4 members (excludes halogenated alkanes) is 1. The van der Waals surface area contributed by atoms with Crippen LogP contribution < -0.4 is 5.32 Å². The van der Waals surface area contributed by atoms with Gasteiger partial charge in [0.1, 0.15) is 6.10 Å². The van der Waals surface area contributed by atoms with Gasteiger partial charge >= 0.3 is 6.09 Å². The first-order chi connectivity index (χ1) is 8.33.